The molecule has 0 unspecified atom stereocenters. The van der Waals surface area contributed by atoms with Crippen LogP contribution in [0, 0.1) is 17.8 Å². The number of hydrogen-bond acceptors (Lipinski definition) is 7. The molecule has 9 heteroatoms. The number of ketones is 2. The Hall–Kier alpha value is -4.79. The van der Waals surface area contributed by atoms with Gasteiger partial charge in [-0.1, -0.05) is 23.8 Å². The normalized spacial score (nSPS) is 25.7. The molecule has 2 aromatic rings. The van der Waals surface area contributed by atoms with Crippen molar-refractivity contribution in [3.05, 3.63) is 88.0 Å². The molecule has 1 heterocycles. The Bertz CT molecular complexity index is 1640. The van der Waals surface area contributed by atoms with Crippen molar-refractivity contribution >= 4 is 35.0 Å². The second kappa shape index (κ2) is 9.15. The summed E-state index contributed by atoms with van der Waals surface area (Å²) in [5.41, 5.74) is 2.52. The van der Waals surface area contributed by atoms with Gasteiger partial charge in [-0.15, -0.1) is 0 Å². The quantitative estimate of drug-likeness (QED) is 0.341. The largest absolute Gasteiger partial charge is 0.504 e. The zero-order chi connectivity index (χ0) is 28.5. The summed E-state index contributed by atoms with van der Waals surface area (Å²) in [6.07, 6.45) is 3.59. The number of carboxylic acids is 1. The highest BCUT2D eigenvalue weighted by Gasteiger charge is 2.56. The van der Waals surface area contributed by atoms with E-state index in [1.807, 2.05) is 6.08 Å². The molecule has 3 aliphatic carbocycles. The van der Waals surface area contributed by atoms with Gasteiger partial charge in [0.1, 0.15) is 0 Å². The van der Waals surface area contributed by atoms with Crippen LogP contribution in [0.25, 0.3) is 0 Å². The topological polar surface area (TPSA) is 138 Å². The molecular weight excluding hydrogens is 514 g/mol. The maximum Gasteiger partial charge on any atom is 0.335 e. The first-order chi connectivity index (χ1) is 19.1. The summed E-state index contributed by atoms with van der Waals surface area (Å²) >= 11 is 0. The highest BCUT2D eigenvalue weighted by molar-refractivity contribution is 6.25. The highest BCUT2D eigenvalue weighted by Crippen LogP contribution is 2.55. The third kappa shape index (κ3) is 3.65. The number of anilines is 1. The molecule has 0 bridgehead atoms. The molecule has 0 saturated carbocycles. The van der Waals surface area contributed by atoms with Crippen LogP contribution in [0.4, 0.5) is 5.69 Å². The standard InChI is InChI=1S/C31H25NO8/c1-14-10-23(34)21-13-20-18(25(27(21)28(14)35)15-6-9-22(33)24(12-15)40-2)7-8-19-26(20)30(37)32(29(19)36)17-5-3-4-16(11-17)31(38)39/h3-7,9-12,19-20,25-26,33H,8,13H2,1-2H3,(H,38,39)/t19-,20+,25-,26-/m0/s1. The minimum atomic E-state index is -1.18. The molecule has 9 nitrogen and oxygen atoms in total. The Labute approximate surface area is 229 Å². The summed E-state index contributed by atoms with van der Waals surface area (Å²) in [7, 11) is 1.41. The van der Waals surface area contributed by atoms with Crippen molar-refractivity contribution in [2.75, 3.05) is 12.0 Å². The lowest BCUT2D eigenvalue weighted by atomic mass is 9.59. The van der Waals surface area contributed by atoms with Gasteiger partial charge in [0.2, 0.25) is 11.8 Å². The lowest BCUT2D eigenvalue weighted by molar-refractivity contribution is -0.123. The van der Waals surface area contributed by atoms with Gasteiger partial charge < -0.3 is 14.9 Å². The van der Waals surface area contributed by atoms with E-state index in [2.05, 4.69) is 0 Å². The lowest BCUT2D eigenvalue weighted by Gasteiger charge is -2.42. The van der Waals surface area contributed by atoms with Crippen molar-refractivity contribution in [3.8, 4) is 11.5 Å². The molecule has 0 spiro atoms. The van der Waals surface area contributed by atoms with E-state index in [1.54, 1.807) is 19.1 Å². The van der Waals surface area contributed by atoms with Crippen molar-refractivity contribution in [3.63, 3.8) is 0 Å². The monoisotopic (exact) mass is 539 g/mol. The lowest BCUT2D eigenvalue weighted by Crippen LogP contribution is -2.39. The van der Waals surface area contributed by atoms with E-state index in [1.165, 1.54) is 43.5 Å². The van der Waals surface area contributed by atoms with E-state index < -0.39 is 41.5 Å². The summed E-state index contributed by atoms with van der Waals surface area (Å²) in [5, 5.41) is 19.6. The zero-order valence-electron chi connectivity index (χ0n) is 21.7. The van der Waals surface area contributed by atoms with Crippen LogP contribution in [0.2, 0.25) is 0 Å². The van der Waals surface area contributed by atoms with Gasteiger partial charge in [-0.05, 0) is 67.7 Å². The fourth-order valence-corrected chi connectivity index (χ4v) is 6.65. The van der Waals surface area contributed by atoms with E-state index in [0.717, 1.165) is 10.5 Å². The van der Waals surface area contributed by atoms with Crippen molar-refractivity contribution in [1.82, 2.24) is 0 Å². The van der Waals surface area contributed by atoms with Crippen LogP contribution < -0.4 is 9.64 Å². The van der Waals surface area contributed by atoms with Gasteiger partial charge >= 0.3 is 5.97 Å². The molecule has 6 rings (SSSR count). The highest BCUT2D eigenvalue weighted by atomic mass is 16.5. The van der Waals surface area contributed by atoms with Crippen LogP contribution in [0.5, 0.6) is 11.5 Å². The number of allylic oxidation sites excluding steroid dienone is 6. The van der Waals surface area contributed by atoms with Crippen LogP contribution >= 0.6 is 0 Å². The van der Waals surface area contributed by atoms with Crippen molar-refractivity contribution in [1.29, 1.82) is 0 Å². The van der Waals surface area contributed by atoms with E-state index in [4.69, 9.17) is 4.74 Å². The van der Waals surface area contributed by atoms with E-state index >= 15 is 0 Å². The number of aromatic hydroxyl groups is 1. The SMILES string of the molecule is COc1cc([C@H]2C3=CC[C@@H]4C(=O)N(c5cccc(C(=O)O)c5)C(=O)[C@@H]4[C@@H]3CC3=C2C(=O)C(C)=CC3=O)ccc1O. The van der Waals surface area contributed by atoms with Crippen LogP contribution in [-0.2, 0) is 19.2 Å². The van der Waals surface area contributed by atoms with Gasteiger partial charge in [-0.2, -0.15) is 0 Å². The molecule has 1 aliphatic heterocycles. The number of imide groups is 1. The third-order valence-electron chi connectivity index (χ3n) is 8.45. The molecule has 40 heavy (non-hydrogen) atoms. The minimum Gasteiger partial charge on any atom is -0.504 e. The third-order valence-corrected chi connectivity index (χ3v) is 8.45. The van der Waals surface area contributed by atoms with Gasteiger partial charge in [0.25, 0.3) is 0 Å². The van der Waals surface area contributed by atoms with Crippen LogP contribution in [-0.4, -0.2) is 46.7 Å². The van der Waals surface area contributed by atoms with E-state index in [-0.39, 0.29) is 47.2 Å². The first-order valence-corrected chi connectivity index (χ1v) is 12.9. The Morgan fingerprint density at radius 3 is 2.52 bits per heavy atom. The molecule has 1 fully saturated rings. The number of phenolic OH excluding ortho intramolecular Hbond substituents is 1. The summed E-state index contributed by atoms with van der Waals surface area (Å²) in [4.78, 5) is 66.8. The van der Waals surface area contributed by atoms with Crippen LogP contribution in [0.15, 0.2) is 76.9 Å². The number of carbonyl (C=O) groups excluding carboxylic acids is 4. The number of carbonyl (C=O) groups is 5. The maximum absolute atomic E-state index is 13.9. The molecule has 4 aliphatic rings. The summed E-state index contributed by atoms with van der Waals surface area (Å²) in [6.45, 7) is 1.60. The average Bonchev–Trinajstić information content (AvgIpc) is 3.20. The molecule has 2 N–H and O–H groups in total. The Morgan fingerprint density at radius 1 is 1.02 bits per heavy atom. The predicted octanol–water partition coefficient (Wildman–Crippen LogP) is 3.73. The Balaban J connectivity index is 1.48. The number of phenols is 1. The van der Waals surface area contributed by atoms with Crippen molar-refractivity contribution in [2.45, 2.75) is 25.7 Å². The number of Topliss-reactive ketones (excluding diaryl/α,β-unsaturated/α-hetero) is 1. The summed E-state index contributed by atoms with van der Waals surface area (Å²) < 4.78 is 5.31. The maximum atomic E-state index is 13.9. The molecule has 2 amide bonds. The van der Waals surface area contributed by atoms with Gasteiger partial charge in [-0.3, -0.25) is 24.1 Å². The van der Waals surface area contributed by atoms with E-state index in [9.17, 15) is 34.2 Å². The molecule has 0 radical (unpaired) electrons. The smallest absolute Gasteiger partial charge is 0.335 e. The Morgan fingerprint density at radius 2 is 1.80 bits per heavy atom. The summed E-state index contributed by atoms with van der Waals surface area (Å²) in [6, 6.07) is 10.4. The van der Waals surface area contributed by atoms with Gasteiger partial charge in [0.15, 0.2) is 23.1 Å². The van der Waals surface area contributed by atoms with Crippen molar-refractivity contribution in [2.24, 2.45) is 17.8 Å². The number of nitrogens with zero attached hydrogens (tertiary/aromatic N) is 1. The number of methoxy groups -OCH3 is 1. The first kappa shape index (κ1) is 25.5. The number of fused-ring (bicyclic) bond motifs is 3. The number of ether oxygens (including phenoxy) is 1. The average molecular weight is 540 g/mol. The van der Waals surface area contributed by atoms with Gasteiger partial charge in [-0.25, -0.2) is 4.79 Å². The number of benzene rings is 2. The fraction of sp³-hybridized carbons (Fsp3) is 0.258. The van der Waals surface area contributed by atoms with E-state index in [0.29, 0.717) is 22.3 Å². The molecular formula is C31H25NO8. The van der Waals surface area contributed by atoms with Crippen LogP contribution in [0.3, 0.4) is 0 Å². The molecule has 2 aromatic carbocycles. The van der Waals surface area contributed by atoms with Crippen LogP contribution in [0.1, 0.15) is 41.6 Å². The second-order valence-electron chi connectivity index (χ2n) is 10.5. The number of carboxylic acid groups (broad SMARTS) is 1. The molecule has 0 aromatic heterocycles. The summed E-state index contributed by atoms with van der Waals surface area (Å²) in [5.74, 6) is -5.15. The predicted molar refractivity (Wildman–Crippen MR) is 142 cm³/mol. The Kier molecular flexibility index (Phi) is 5.83. The minimum absolute atomic E-state index is 0.0472. The number of rotatable bonds is 4. The van der Waals surface area contributed by atoms with Gasteiger partial charge in [0.05, 0.1) is 30.2 Å². The van der Waals surface area contributed by atoms with Crippen molar-refractivity contribution < 1.29 is 38.9 Å². The molecule has 4 atom stereocenters. The number of amides is 2. The number of hydrogen-bond donors (Lipinski definition) is 2. The molecule has 1 saturated heterocycles. The second-order valence-corrected chi connectivity index (χ2v) is 10.5. The number of aromatic carboxylic acids is 1. The van der Waals surface area contributed by atoms with Gasteiger partial charge in [0, 0.05) is 22.6 Å². The first-order valence-electron chi connectivity index (χ1n) is 12.9. The molecule has 202 valence electrons. The zero-order valence-corrected chi connectivity index (χ0v) is 21.7. The fourth-order valence-electron chi connectivity index (χ4n) is 6.65.